The molecular weight excluding hydrogens is 604 g/mol. The molecule has 0 radical (unpaired) electrons. The van der Waals surface area contributed by atoms with Crippen LogP contribution in [-0.2, 0) is 30.7 Å². The van der Waals surface area contributed by atoms with E-state index in [4.69, 9.17) is 23.7 Å². The second-order valence-electron chi connectivity index (χ2n) is 12.6. The maximum atomic E-state index is 14.2. The van der Waals surface area contributed by atoms with Crippen LogP contribution in [0.1, 0.15) is 45.1 Å². The Morgan fingerprint density at radius 1 is 1.11 bits per heavy atom. The van der Waals surface area contributed by atoms with Gasteiger partial charge in [0.05, 0.1) is 36.2 Å². The van der Waals surface area contributed by atoms with Gasteiger partial charge in [-0.2, -0.15) is 4.31 Å². The summed E-state index contributed by atoms with van der Waals surface area (Å²) in [7, 11) is -4.13. The molecule has 3 aliphatic heterocycles. The van der Waals surface area contributed by atoms with Gasteiger partial charge >= 0.3 is 6.09 Å². The molecule has 2 saturated heterocycles. The molecule has 2 aromatic carbocycles. The predicted molar refractivity (Wildman–Crippen MR) is 163 cm³/mol. The number of hydrogen-bond donors (Lipinski definition) is 3. The molecule has 0 bridgehead atoms. The van der Waals surface area contributed by atoms with Crippen molar-refractivity contribution >= 4 is 16.1 Å². The van der Waals surface area contributed by atoms with Crippen LogP contribution in [0.3, 0.4) is 0 Å². The Labute approximate surface area is 264 Å². The van der Waals surface area contributed by atoms with E-state index in [-0.39, 0.29) is 56.6 Å². The summed E-state index contributed by atoms with van der Waals surface area (Å²) in [6.07, 6.45) is 0.0635. The summed E-state index contributed by atoms with van der Waals surface area (Å²) < 4.78 is 57.2. The topological polar surface area (TPSA) is 153 Å². The van der Waals surface area contributed by atoms with Crippen molar-refractivity contribution in [1.29, 1.82) is 0 Å². The van der Waals surface area contributed by atoms with Gasteiger partial charge in [0.1, 0.15) is 6.10 Å². The molecule has 248 valence electrons. The lowest BCUT2D eigenvalue weighted by molar-refractivity contribution is -0.0907. The lowest BCUT2D eigenvalue weighted by atomic mass is 9.87. The minimum atomic E-state index is -4.13. The standard InChI is InChI=1S/C32H44N2O10S/c1-32(2,13-6-7-14-35)20-34(45(38,39)23-10-11-27-28(17-23)43-21-42-27)18-26(36)25(16-22-8-4-3-5-9-22)33-31(37)44-29-19-41-30-24(29)12-15-40-30/h3-5,8-11,17,24-26,29-30,35-36H,6-7,12-16,18-21H2,1-2H3,(H,33,37)/t24-,25-,26-,29-,30+/m0/s1. The van der Waals surface area contributed by atoms with E-state index in [0.717, 1.165) is 12.0 Å². The van der Waals surface area contributed by atoms with E-state index in [1.807, 2.05) is 44.2 Å². The van der Waals surface area contributed by atoms with Gasteiger partial charge in [-0.3, -0.25) is 0 Å². The Kier molecular flexibility index (Phi) is 10.9. The number of nitrogens with one attached hydrogen (secondary N) is 1. The van der Waals surface area contributed by atoms with Gasteiger partial charge in [-0.25, -0.2) is 13.2 Å². The summed E-state index contributed by atoms with van der Waals surface area (Å²) in [6.45, 7) is 4.54. The third-order valence-electron chi connectivity index (χ3n) is 8.55. The number of amides is 1. The van der Waals surface area contributed by atoms with E-state index >= 15 is 0 Å². The van der Waals surface area contributed by atoms with Crippen molar-refractivity contribution in [3.8, 4) is 11.5 Å². The zero-order chi connectivity index (χ0) is 32.0. The number of nitrogens with zero attached hydrogens (tertiary/aromatic N) is 1. The van der Waals surface area contributed by atoms with Gasteiger partial charge in [0.2, 0.25) is 16.8 Å². The fourth-order valence-electron chi connectivity index (χ4n) is 6.06. The summed E-state index contributed by atoms with van der Waals surface area (Å²) in [4.78, 5) is 13.2. The molecular formula is C32H44N2O10S. The van der Waals surface area contributed by atoms with Crippen LogP contribution < -0.4 is 14.8 Å². The van der Waals surface area contributed by atoms with Crippen molar-refractivity contribution < 1.29 is 47.1 Å². The van der Waals surface area contributed by atoms with Crippen LogP contribution in [-0.4, -0.2) is 93.3 Å². The van der Waals surface area contributed by atoms with Gasteiger partial charge in [0.15, 0.2) is 17.8 Å². The van der Waals surface area contributed by atoms with Gasteiger partial charge < -0.3 is 39.2 Å². The Morgan fingerprint density at radius 2 is 1.89 bits per heavy atom. The van der Waals surface area contributed by atoms with Crippen molar-refractivity contribution in [2.75, 3.05) is 39.7 Å². The molecule has 1 amide bonds. The van der Waals surface area contributed by atoms with Gasteiger partial charge in [-0.05, 0) is 48.8 Å². The second-order valence-corrected chi connectivity index (χ2v) is 14.6. The molecule has 12 nitrogen and oxygen atoms in total. The average molecular weight is 649 g/mol. The first kappa shape index (κ1) is 33.4. The van der Waals surface area contributed by atoms with E-state index in [1.165, 1.54) is 16.4 Å². The van der Waals surface area contributed by atoms with Crippen LogP contribution in [0.2, 0.25) is 0 Å². The summed E-state index contributed by atoms with van der Waals surface area (Å²) in [5.74, 6) is 0.734. The lowest BCUT2D eigenvalue weighted by Gasteiger charge is -2.35. The van der Waals surface area contributed by atoms with Gasteiger partial charge in [-0.1, -0.05) is 50.6 Å². The van der Waals surface area contributed by atoms with Crippen LogP contribution in [0.15, 0.2) is 53.4 Å². The zero-order valence-corrected chi connectivity index (χ0v) is 26.6. The molecule has 0 aliphatic carbocycles. The molecule has 5 atom stereocenters. The minimum Gasteiger partial charge on any atom is -0.454 e. The van der Waals surface area contributed by atoms with Crippen LogP contribution in [0.25, 0.3) is 0 Å². The van der Waals surface area contributed by atoms with Crippen LogP contribution in [0.4, 0.5) is 4.79 Å². The number of carbonyl (C=O) groups is 1. The quantitative estimate of drug-likeness (QED) is 0.246. The van der Waals surface area contributed by atoms with Gasteiger partial charge in [0.25, 0.3) is 0 Å². The Hall–Kier alpha value is -2.94. The Balaban J connectivity index is 1.37. The third-order valence-corrected chi connectivity index (χ3v) is 10.4. The summed E-state index contributed by atoms with van der Waals surface area (Å²) in [5, 5.41) is 23.8. The van der Waals surface area contributed by atoms with E-state index in [1.54, 1.807) is 6.07 Å². The normalized spacial score (nSPS) is 22.3. The van der Waals surface area contributed by atoms with Crippen LogP contribution in [0, 0.1) is 11.3 Å². The average Bonchev–Trinajstić information content (AvgIpc) is 3.75. The number of aliphatic hydroxyl groups is 2. The smallest absolute Gasteiger partial charge is 0.407 e. The molecule has 2 aromatic rings. The summed E-state index contributed by atoms with van der Waals surface area (Å²) >= 11 is 0. The molecule has 45 heavy (non-hydrogen) atoms. The number of carbonyl (C=O) groups excluding carboxylic acids is 1. The minimum absolute atomic E-state index is 0.00347. The van der Waals surface area contributed by atoms with Crippen molar-refractivity contribution in [2.24, 2.45) is 11.3 Å². The molecule has 2 fully saturated rings. The third kappa shape index (κ3) is 8.46. The van der Waals surface area contributed by atoms with Crippen LogP contribution >= 0.6 is 0 Å². The number of hydrogen-bond acceptors (Lipinski definition) is 10. The Bertz CT molecular complexity index is 1390. The SMILES string of the molecule is CC(C)(CCCCO)CN(C[C@H](O)[C@H](Cc1ccccc1)NC(=O)O[C@H]1CO[C@H]2OCC[C@H]21)S(=O)(=O)c1ccc2c(c1)OCO2. The molecule has 0 spiro atoms. The van der Waals surface area contributed by atoms with E-state index in [2.05, 4.69) is 5.32 Å². The number of fused-ring (bicyclic) bond motifs is 2. The van der Waals surface area contributed by atoms with E-state index < -0.39 is 39.8 Å². The van der Waals surface area contributed by atoms with Crippen molar-refractivity contribution in [3.63, 3.8) is 0 Å². The number of alkyl carbamates (subject to hydrolysis) is 1. The van der Waals surface area contributed by atoms with E-state index in [0.29, 0.717) is 37.4 Å². The summed E-state index contributed by atoms with van der Waals surface area (Å²) in [6, 6.07) is 12.9. The lowest BCUT2D eigenvalue weighted by Crippen LogP contribution is -2.52. The number of sulfonamides is 1. The second kappa shape index (κ2) is 14.7. The first-order valence-corrected chi connectivity index (χ1v) is 16.9. The van der Waals surface area contributed by atoms with Crippen LogP contribution in [0.5, 0.6) is 11.5 Å². The summed E-state index contributed by atoms with van der Waals surface area (Å²) in [5.41, 5.74) is 0.368. The fourth-order valence-corrected chi connectivity index (χ4v) is 7.73. The first-order chi connectivity index (χ1) is 21.6. The molecule has 0 unspecified atom stereocenters. The molecule has 5 rings (SSSR count). The first-order valence-electron chi connectivity index (χ1n) is 15.5. The number of unbranched alkanes of at least 4 members (excludes halogenated alkanes) is 1. The highest BCUT2D eigenvalue weighted by atomic mass is 32.2. The number of aliphatic hydroxyl groups excluding tert-OH is 2. The number of ether oxygens (including phenoxy) is 5. The molecule has 3 heterocycles. The largest absolute Gasteiger partial charge is 0.454 e. The molecule has 3 N–H and O–H groups in total. The number of benzene rings is 2. The number of rotatable bonds is 15. The maximum absolute atomic E-state index is 14.2. The van der Waals surface area contributed by atoms with E-state index in [9.17, 15) is 23.4 Å². The van der Waals surface area contributed by atoms with Crippen molar-refractivity contribution in [3.05, 3.63) is 54.1 Å². The highest BCUT2D eigenvalue weighted by Gasteiger charge is 2.44. The molecule has 13 heteroatoms. The van der Waals surface area contributed by atoms with Gasteiger partial charge in [-0.15, -0.1) is 0 Å². The fraction of sp³-hybridized carbons (Fsp3) is 0.594. The van der Waals surface area contributed by atoms with Crippen molar-refractivity contribution in [1.82, 2.24) is 9.62 Å². The zero-order valence-electron chi connectivity index (χ0n) is 25.8. The molecule has 0 saturated carbocycles. The highest BCUT2D eigenvalue weighted by molar-refractivity contribution is 7.89. The maximum Gasteiger partial charge on any atom is 0.407 e. The molecule has 3 aliphatic rings. The monoisotopic (exact) mass is 648 g/mol. The Morgan fingerprint density at radius 3 is 2.67 bits per heavy atom. The predicted octanol–water partition coefficient (Wildman–Crippen LogP) is 3.05. The highest BCUT2D eigenvalue weighted by Crippen LogP contribution is 2.36. The molecule has 0 aromatic heterocycles. The van der Waals surface area contributed by atoms with Crippen molar-refractivity contribution in [2.45, 2.75) is 75.4 Å². The van der Waals surface area contributed by atoms with Gasteiger partial charge in [0, 0.05) is 25.8 Å².